The molecule has 0 bridgehead atoms. The Kier molecular flexibility index (Phi) is 6.99. The minimum atomic E-state index is 1.23. The Hall–Kier alpha value is -1.04. The van der Waals surface area contributed by atoms with Crippen LogP contribution in [0, 0.1) is 6.92 Å². The highest BCUT2D eigenvalue weighted by Crippen LogP contribution is 2.07. The Morgan fingerprint density at radius 1 is 1.23 bits per heavy atom. The van der Waals surface area contributed by atoms with E-state index in [-0.39, 0.29) is 0 Å². The van der Waals surface area contributed by atoms with E-state index in [0.717, 1.165) is 0 Å². The molecule has 0 spiro atoms. The highest BCUT2D eigenvalue weighted by molar-refractivity contribution is 5.22. The largest absolute Gasteiger partial charge is 0.106 e. The summed E-state index contributed by atoms with van der Waals surface area (Å²) in [6.45, 7) is 10.4. The van der Waals surface area contributed by atoms with E-state index in [0.29, 0.717) is 0 Å². The number of rotatable bonds is 3. The molecule has 0 saturated carbocycles. The molecule has 1 aromatic rings. The standard InChI is InChI=1S/C11H16.C2H4/c1-3-4-7-11-8-5-6-10(2)9-11;1-2/h5-6,8-9H,3-4,7H2,1-2H3;1-2H2. The average Bonchev–Trinajstić information content (AvgIpc) is 2.18. The van der Waals surface area contributed by atoms with E-state index in [1.165, 1.54) is 30.4 Å². The van der Waals surface area contributed by atoms with E-state index in [1.54, 1.807) is 0 Å². The molecule has 0 saturated heterocycles. The van der Waals surface area contributed by atoms with Gasteiger partial charge < -0.3 is 0 Å². The lowest BCUT2D eigenvalue weighted by Crippen LogP contribution is -1.84. The summed E-state index contributed by atoms with van der Waals surface area (Å²) in [5, 5.41) is 0. The summed E-state index contributed by atoms with van der Waals surface area (Å²) in [6.07, 6.45) is 3.83. The van der Waals surface area contributed by atoms with Crippen LogP contribution in [0.4, 0.5) is 0 Å². The summed E-state index contributed by atoms with van der Waals surface area (Å²) in [4.78, 5) is 0. The lowest BCUT2D eigenvalue weighted by molar-refractivity contribution is 0.794. The lowest BCUT2D eigenvalue weighted by atomic mass is 10.1. The van der Waals surface area contributed by atoms with Crippen LogP contribution in [0.3, 0.4) is 0 Å². The van der Waals surface area contributed by atoms with Crippen molar-refractivity contribution >= 4 is 0 Å². The monoisotopic (exact) mass is 176 g/mol. The molecule has 1 rings (SSSR count). The van der Waals surface area contributed by atoms with Crippen LogP contribution in [-0.2, 0) is 6.42 Å². The Morgan fingerprint density at radius 2 is 1.92 bits per heavy atom. The molecule has 0 amide bonds. The Balaban J connectivity index is 0.000000671. The van der Waals surface area contributed by atoms with Gasteiger partial charge in [-0.3, -0.25) is 0 Å². The molecule has 72 valence electrons. The topological polar surface area (TPSA) is 0 Å². The molecule has 0 heterocycles. The van der Waals surface area contributed by atoms with Crippen molar-refractivity contribution in [3.8, 4) is 0 Å². The van der Waals surface area contributed by atoms with Gasteiger partial charge in [0.25, 0.3) is 0 Å². The fraction of sp³-hybridized carbons (Fsp3) is 0.385. The Labute approximate surface area is 82.3 Å². The van der Waals surface area contributed by atoms with E-state index in [9.17, 15) is 0 Å². The SMILES string of the molecule is C=C.CCCCc1cccc(C)c1. The molecule has 1 aromatic carbocycles. The summed E-state index contributed by atoms with van der Waals surface area (Å²) in [5.41, 5.74) is 2.85. The maximum absolute atomic E-state index is 3.00. The predicted molar refractivity (Wildman–Crippen MR) is 61.0 cm³/mol. The fourth-order valence-corrected chi connectivity index (χ4v) is 1.25. The predicted octanol–water partition coefficient (Wildman–Crippen LogP) is 4.14. The van der Waals surface area contributed by atoms with E-state index in [1.807, 2.05) is 0 Å². The summed E-state index contributed by atoms with van der Waals surface area (Å²) >= 11 is 0. The molecule has 0 fully saturated rings. The maximum Gasteiger partial charge on any atom is -0.0279 e. The molecule has 0 aromatic heterocycles. The first-order chi connectivity index (χ1) is 6.33. The van der Waals surface area contributed by atoms with Crippen molar-refractivity contribution in [2.24, 2.45) is 0 Å². The second-order valence-corrected chi connectivity index (χ2v) is 3.09. The summed E-state index contributed by atoms with van der Waals surface area (Å²) in [5.74, 6) is 0. The number of hydrogen-bond donors (Lipinski definition) is 0. The van der Waals surface area contributed by atoms with Crippen LogP contribution < -0.4 is 0 Å². The number of benzene rings is 1. The lowest BCUT2D eigenvalue weighted by Gasteiger charge is -1.99. The zero-order chi connectivity index (χ0) is 10.1. The quantitative estimate of drug-likeness (QED) is 0.607. The second kappa shape index (κ2) is 7.60. The van der Waals surface area contributed by atoms with E-state index >= 15 is 0 Å². The van der Waals surface area contributed by atoms with Gasteiger partial charge in [-0.2, -0.15) is 0 Å². The third-order valence-corrected chi connectivity index (χ3v) is 1.90. The first kappa shape index (κ1) is 12.0. The van der Waals surface area contributed by atoms with Gasteiger partial charge in [0, 0.05) is 0 Å². The molecular weight excluding hydrogens is 156 g/mol. The molecule has 0 N–H and O–H groups in total. The molecule has 0 aliphatic carbocycles. The van der Waals surface area contributed by atoms with E-state index in [4.69, 9.17) is 0 Å². The van der Waals surface area contributed by atoms with Gasteiger partial charge in [-0.1, -0.05) is 43.2 Å². The maximum atomic E-state index is 3.00. The van der Waals surface area contributed by atoms with Crippen LogP contribution >= 0.6 is 0 Å². The molecule has 0 atom stereocenters. The smallest absolute Gasteiger partial charge is 0.0279 e. The van der Waals surface area contributed by atoms with E-state index in [2.05, 4.69) is 51.3 Å². The summed E-state index contributed by atoms with van der Waals surface area (Å²) < 4.78 is 0. The highest BCUT2D eigenvalue weighted by Gasteiger charge is 1.90. The van der Waals surface area contributed by atoms with Gasteiger partial charge in [-0.25, -0.2) is 0 Å². The van der Waals surface area contributed by atoms with Crippen molar-refractivity contribution in [3.63, 3.8) is 0 Å². The summed E-state index contributed by atoms with van der Waals surface area (Å²) in [6, 6.07) is 8.77. The van der Waals surface area contributed by atoms with Gasteiger partial charge in [-0.05, 0) is 25.3 Å². The molecule has 0 unspecified atom stereocenters. The van der Waals surface area contributed by atoms with Gasteiger partial charge in [0.15, 0.2) is 0 Å². The van der Waals surface area contributed by atoms with Gasteiger partial charge in [0.05, 0.1) is 0 Å². The van der Waals surface area contributed by atoms with Crippen molar-refractivity contribution < 1.29 is 0 Å². The van der Waals surface area contributed by atoms with Crippen molar-refractivity contribution in [1.82, 2.24) is 0 Å². The average molecular weight is 176 g/mol. The zero-order valence-corrected chi connectivity index (χ0v) is 8.84. The van der Waals surface area contributed by atoms with Crippen LogP contribution in [0.2, 0.25) is 0 Å². The second-order valence-electron chi connectivity index (χ2n) is 3.09. The Bertz CT molecular complexity index is 225. The summed E-state index contributed by atoms with van der Waals surface area (Å²) in [7, 11) is 0. The highest BCUT2D eigenvalue weighted by atomic mass is 14.0. The molecular formula is C13H20. The van der Waals surface area contributed by atoms with Crippen molar-refractivity contribution in [2.45, 2.75) is 33.1 Å². The molecule has 13 heavy (non-hydrogen) atoms. The molecule has 0 aliphatic rings. The number of unbranched alkanes of at least 4 members (excludes halogenated alkanes) is 1. The first-order valence-corrected chi connectivity index (χ1v) is 4.88. The number of aryl methyl sites for hydroxylation is 2. The molecule has 0 nitrogen and oxygen atoms in total. The molecule has 0 heteroatoms. The fourth-order valence-electron chi connectivity index (χ4n) is 1.25. The van der Waals surface area contributed by atoms with Crippen LogP contribution in [0.1, 0.15) is 30.9 Å². The van der Waals surface area contributed by atoms with Crippen LogP contribution in [0.25, 0.3) is 0 Å². The minimum Gasteiger partial charge on any atom is -0.106 e. The molecule has 0 radical (unpaired) electrons. The van der Waals surface area contributed by atoms with Crippen molar-refractivity contribution in [1.29, 1.82) is 0 Å². The normalized spacial score (nSPS) is 8.77. The van der Waals surface area contributed by atoms with Crippen molar-refractivity contribution in [2.75, 3.05) is 0 Å². The van der Waals surface area contributed by atoms with Gasteiger partial charge in [0.1, 0.15) is 0 Å². The van der Waals surface area contributed by atoms with Gasteiger partial charge >= 0.3 is 0 Å². The van der Waals surface area contributed by atoms with Gasteiger partial charge in [0.2, 0.25) is 0 Å². The van der Waals surface area contributed by atoms with Crippen molar-refractivity contribution in [3.05, 3.63) is 48.6 Å². The minimum absolute atomic E-state index is 1.23. The number of hydrogen-bond acceptors (Lipinski definition) is 0. The van der Waals surface area contributed by atoms with Crippen LogP contribution in [0.5, 0.6) is 0 Å². The third kappa shape index (κ3) is 5.24. The Morgan fingerprint density at radius 3 is 2.46 bits per heavy atom. The zero-order valence-electron chi connectivity index (χ0n) is 8.84. The van der Waals surface area contributed by atoms with E-state index < -0.39 is 0 Å². The molecule has 0 aliphatic heterocycles. The third-order valence-electron chi connectivity index (χ3n) is 1.90. The first-order valence-electron chi connectivity index (χ1n) is 4.88. The van der Waals surface area contributed by atoms with Gasteiger partial charge in [-0.15, -0.1) is 13.2 Å². The van der Waals surface area contributed by atoms with Crippen LogP contribution in [0.15, 0.2) is 37.4 Å². The van der Waals surface area contributed by atoms with Crippen LogP contribution in [-0.4, -0.2) is 0 Å².